The summed E-state index contributed by atoms with van der Waals surface area (Å²) in [5.74, 6) is 5.11. The van der Waals surface area contributed by atoms with Gasteiger partial charge in [-0.05, 0) is 17.7 Å². The van der Waals surface area contributed by atoms with E-state index in [-0.39, 0.29) is 5.91 Å². The number of thioether (sulfide) groups is 3. The standard InChI is InChI=1S/C14H18ClNOS3/c15-12-3-1-11(2-4-12)8-19-10-14(17)16-7-13-9-18-5-6-20-13/h1-4,13H,5-10H2,(H,16,17)/t13-/m1/s1. The SMILES string of the molecule is O=C(CSCc1ccc(Cl)cc1)NC[C@@H]1CSCCS1. The lowest BCUT2D eigenvalue weighted by molar-refractivity contribution is -0.118. The van der Waals surface area contributed by atoms with E-state index in [1.165, 1.54) is 17.1 Å². The van der Waals surface area contributed by atoms with Gasteiger partial charge in [-0.3, -0.25) is 4.79 Å². The van der Waals surface area contributed by atoms with E-state index in [4.69, 9.17) is 11.6 Å². The van der Waals surface area contributed by atoms with Crippen molar-refractivity contribution in [1.82, 2.24) is 5.32 Å². The van der Waals surface area contributed by atoms with E-state index in [2.05, 4.69) is 5.32 Å². The van der Waals surface area contributed by atoms with Crippen molar-refractivity contribution in [2.24, 2.45) is 0 Å². The number of rotatable bonds is 6. The van der Waals surface area contributed by atoms with Gasteiger partial charge in [0.2, 0.25) is 5.91 Å². The summed E-state index contributed by atoms with van der Waals surface area (Å²) in [6.45, 7) is 0.804. The Morgan fingerprint density at radius 3 is 2.85 bits per heavy atom. The molecule has 2 rings (SSSR count). The highest BCUT2D eigenvalue weighted by Crippen LogP contribution is 2.23. The number of hydrogen-bond donors (Lipinski definition) is 1. The number of nitrogens with one attached hydrogen (secondary N) is 1. The van der Waals surface area contributed by atoms with E-state index in [9.17, 15) is 4.79 Å². The van der Waals surface area contributed by atoms with Crippen LogP contribution in [0.5, 0.6) is 0 Å². The fourth-order valence-corrected chi connectivity index (χ4v) is 5.33. The molecule has 1 saturated heterocycles. The van der Waals surface area contributed by atoms with E-state index < -0.39 is 0 Å². The third kappa shape index (κ3) is 6.20. The highest BCUT2D eigenvalue weighted by molar-refractivity contribution is 8.06. The van der Waals surface area contributed by atoms with Gasteiger partial charge in [0.1, 0.15) is 0 Å². The number of benzene rings is 1. The minimum Gasteiger partial charge on any atom is -0.354 e. The summed E-state index contributed by atoms with van der Waals surface area (Å²) < 4.78 is 0. The van der Waals surface area contributed by atoms with Gasteiger partial charge in [0, 0.05) is 39.8 Å². The molecule has 0 bridgehead atoms. The number of carbonyl (C=O) groups excluding carboxylic acids is 1. The summed E-state index contributed by atoms with van der Waals surface area (Å²) in [7, 11) is 0. The van der Waals surface area contributed by atoms with Crippen LogP contribution in [0.1, 0.15) is 5.56 Å². The second-order valence-corrected chi connectivity index (χ2v) is 8.47. The van der Waals surface area contributed by atoms with Crippen molar-refractivity contribution >= 4 is 52.8 Å². The zero-order valence-corrected chi connectivity index (χ0v) is 14.3. The van der Waals surface area contributed by atoms with E-state index in [0.29, 0.717) is 11.0 Å². The zero-order valence-electron chi connectivity index (χ0n) is 11.1. The predicted molar refractivity (Wildman–Crippen MR) is 94.2 cm³/mol. The van der Waals surface area contributed by atoms with Crippen LogP contribution in [-0.2, 0) is 10.5 Å². The summed E-state index contributed by atoms with van der Waals surface area (Å²) in [4.78, 5) is 11.8. The van der Waals surface area contributed by atoms with Gasteiger partial charge in [0.25, 0.3) is 0 Å². The van der Waals surface area contributed by atoms with Gasteiger partial charge in [-0.25, -0.2) is 0 Å². The minimum absolute atomic E-state index is 0.139. The predicted octanol–water partition coefficient (Wildman–Crippen LogP) is 3.54. The van der Waals surface area contributed by atoms with Crippen molar-refractivity contribution < 1.29 is 4.79 Å². The molecule has 110 valence electrons. The van der Waals surface area contributed by atoms with Gasteiger partial charge in [-0.1, -0.05) is 23.7 Å². The van der Waals surface area contributed by atoms with Crippen molar-refractivity contribution in [3.8, 4) is 0 Å². The molecule has 1 atom stereocenters. The van der Waals surface area contributed by atoms with Gasteiger partial charge in [-0.15, -0.1) is 11.8 Å². The molecule has 1 aliphatic rings. The van der Waals surface area contributed by atoms with Gasteiger partial charge >= 0.3 is 0 Å². The lowest BCUT2D eigenvalue weighted by Crippen LogP contribution is -2.34. The molecular weight excluding hydrogens is 330 g/mol. The molecule has 0 radical (unpaired) electrons. The van der Waals surface area contributed by atoms with Crippen LogP contribution >= 0.6 is 46.9 Å². The molecule has 1 aliphatic heterocycles. The molecular formula is C14H18ClNOS3. The molecule has 1 aromatic rings. The number of hydrogen-bond acceptors (Lipinski definition) is 4. The topological polar surface area (TPSA) is 29.1 Å². The van der Waals surface area contributed by atoms with Crippen molar-refractivity contribution in [1.29, 1.82) is 0 Å². The molecule has 0 aromatic heterocycles. The van der Waals surface area contributed by atoms with Crippen molar-refractivity contribution in [3.05, 3.63) is 34.9 Å². The van der Waals surface area contributed by atoms with Crippen LogP contribution in [0.2, 0.25) is 5.02 Å². The van der Waals surface area contributed by atoms with E-state index >= 15 is 0 Å². The molecule has 2 nitrogen and oxygen atoms in total. The Labute approximate surface area is 138 Å². The molecule has 0 spiro atoms. The van der Waals surface area contributed by atoms with E-state index in [1.54, 1.807) is 11.8 Å². The first kappa shape index (κ1) is 16.4. The molecule has 0 unspecified atom stereocenters. The van der Waals surface area contributed by atoms with Gasteiger partial charge in [0.05, 0.1) is 5.75 Å². The first-order chi connectivity index (χ1) is 9.74. The molecule has 0 aliphatic carbocycles. The lowest BCUT2D eigenvalue weighted by atomic mass is 10.2. The van der Waals surface area contributed by atoms with Crippen LogP contribution in [0.4, 0.5) is 0 Å². The second kappa shape index (κ2) is 9.13. The summed E-state index contributed by atoms with van der Waals surface area (Å²) in [6, 6.07) is 7.78. The van der Waals surface area contributed by atoms with Crippen LogP contribution < -0.4 is 5.32 Å². The average Bonchev–Trinajstić information content (AvgIpc) is 2.48. The third-order valence-corrected chi connectivity index (χ3v) is 6.93. The second-order valence-electron chi connectivity index (χ2n) is 4.49. The van der Waals surface area contributed by atoms with Crippen LogP contribution in [0.15, 0.2) is 24.3 Å². The quantitative estimate of drug-likeness (QED) is 0.852. The normalized spacial score (nSPS) is 18.8. The highest BCUT2D eigenvalue weighted by Gasteiger charge is 2.14. The van der Waals surface area contributed by atoms with Gasteiger partial charge < -0.3 is 5.32 Å². The van der Waals surface area contributed by atoms with Crippen LogP contribution in [-0.4, -0.2) is 40.7 Å². The Morgan fingerprint density at radius 1 is 1.35 bits per heavy atom. The van der Waals surface area contributed by atoms with Crippen molar-refractivity contribution in [3.63, 3.8) is 0 Å². The molecule has 20 heavy (non-hydrogen) atoms. The first-order valence-corrected chi connectivity index (χ1v) is 10.3. The maximum absolute atomic E-state index is 11.8. The fraction of sp³-hybridized carbons (Fsp3) is 0.500. The summed E-state index contributed by atoms with van der Waals surface area (Å²) in [5, 5.41) is 4.36. The maximum Gasteiger partial charge on any atom is 0.230 e. The summed E-state index contributed by atoms with van der Waals surface area (Å²) >= 11 is 11.4. The van der Waals surface area contributed by atoms with Crippen molar-refractivity contribution in [2.45, 2.75) is 11.0 Å². The Bertz CT molecular complexity index is 421. The average molecular weight is 348 g/mol. The van der Waals surface area contributed by atoms with Crippen LogP contribution in [0.3, 0.4) is 0 Å². The molecule has 1 amide bonds. The van der Waals surface area contributed by atoms with Gasteiger partial charge in [0.15, 0.2) is 0 Å². The van der Waals surface area contributed by atoms with Crippen LogP contribution in [0.25, 0.3) is 0 Å². The summed E-state index contributed by atoms with van der Waals surface area (Å²) in [6.07, 6.45) is 0. The molecule has 1 heterocycles. The lowest BCUT2D eigenvalue weighted by Gasteiger charge is -2.21. The first-order valence-electron chi connectivity index (χ1n) is 6.52. The molecule has 1 N–H and O–H groups in total. The summed E-state index contributed by atoms with van der Waals surface area (Å²) in [5.41, 5.74) is 1.20. The molecule has 1 aromatic carbocycles. The smallest absolute Gasteiger partial charge is 0.230 e. The number of halogens is 1. The Balaban J connectivity index is 1.58. The van der Waals surface area contributed by atoms with Crippen molar-refractivity contribution in [2.75, 3.05) is 29.6 Å². The van der Waals surface area contributed by atoms with Crippen LogP contribution in [0, 0.1) is 0 Å². The monoisotopic (exact) mass is 347 g/mol. The van der Waals surface area contributed by atoms with Gasteiger partial charge in [-0.2, -0.15) is 23.5 Å². The van der Waals surface area contributed by atoms with E-state index in [1.807, 2.05) is 47.8 Å². The highest BCUT2D eigenvalue weighted by atomic mass is 35.5. The molecule has 1 fully saturated rings. The number of amides is 1. The molecule has 0 saturated carbocycles. The fourth-order valence-electron chi connectivity index (χ4n) is 1.78. The Morgan fingerprint density at radius 2 is 2.15 bits per heavy atom. The zero-order chi connectivity index (χ0) is 14.2. The minimum atomic E-state index is 0.139. The largest absolute Gasteiger partial charge is 0.354 e. The Kier molecular flexibility index (Phi) is 7.49. The number of carbonyl (C=O) groups is 1. The maximum atomic E-state index is 11.8. The Hall–Kier alpha value is 0.0300. The molecule has 6 heteroatoms. The third-order valence-electron chi connectivity index (χ3n) is 2.83. The van der Waals surface area contributed by atoms with E-state index in [0.717, 1.165) is 23.1 Å².